The molecule has 2 amide bonds. The van der Waals surface area contributed by atoms with E-state index in [4.69, 9.17) is 0 Å². The van der Waals surface area contributed by atoms with Gasteiger partial charge in [0.25, 0.3) is 0 Å². The van der Waals surface area contributed by atoms with Gasteiger partial charge >= 0.3 is 6.03 Å². The third kappa shape index (κ3) is 3.35. The number of urea groups is 1. The standard InChI is InChI=1S/C16H18N2O/c1-3-12(2)11-17-16(19)18-15-10-6-8-13-7-4-5-9-14(13)15/h4-11H,3H2,1-2H3,(H2,17,18,19)/b12-11+. The smallest absolute Gasteiger partial charge is 0.314 e. The largest absolute Gasteiger partial charge is 0.323 e. The number of rotatable bonds is 3. The molecule has 3 nitrogen and oxygen atoms in total. The van der Waals surface area contributed by atoms with Gasteiger partial charge in [0.2, 0.25) is 0 Å². The summed E-state index contributed by atoms with van der Waals surface area (Å²) in [4.78, 5) is 11.8. The number of anilines is 1. The van der Waals surface area contributed by atoms with E-state index in [-0.39, 0.29) is 6.03 Å². The quantitative estimate of drug-likeness (QED) is 0.843. The van der Waals surface area contributed by atoms with Gasteiger partial charge in [-0.05, 0) is 24.8 Å². The highest BCUT2D eigenvalue weighted by Gasteiger charge is 2.03. The van der Waals surface area contributed by atoms with Crippen LogP contribution in [0.3, 0.4) is 0 Å². The van der Waals surface area contributed by atoms with Crippen LogP contribution in [0.15, 0.2) is 54.2 Å². The molecule has 0 spiro atoms. The highest BCUT2D eigenvalue weighted by Crippen LogP contribution is 2.22. The summed E-state index contributed by atoms with van der Waals surface area (Å²) in [5.41, 5.74) is 1.95. The van der Waals surface area contributed by atoms with Crippen molar-refractivity contribution in [3.8, 4) is 0 Å². The van der Waals surface area contributed by atoms with Crippen molar-refractivity contribution in [1.29, 1.82) is 0 Å². The van der Waals surface area contributed by atoms with Crippen LogP contribution in [0, 0.1) is 0 Å². The maximum absolute atomic E-state index is 11.8. The Kier molecular flexibility index (Phi) is 4.18. The molecule has 2 N–H and O–H groups in total. The molecule has 0 bridgehead atoms. The third-order valence-electron chi connectivity index (χ3n) is 3.05. The lowest BCUT2D eigenvalue weighted by atomic mass is 10.1. The zero-order chi connectivity index (χ0) is 13.7. The molecule has 2 rings (SSSR count). The summed E-state index contributed by atoms with van der Waals surface area (Å²) >= 11 is 0. The Hall–Kier alpha value is -2.29. The summed E-state index contributed by atoms with van der Waals surface area (Å²) in [6.07, 6.45) is 2.66. The second-order valence-corrected chi connectivity index (χ2v) is 4.47. The van der Waals surface area contributed by atoms with E-state index in [0.717, 1.165) is 28.5 Å². The van der Waals surface area contributed by atoms with Crippen molar-refractivity contribution in [2.45, 2.75) is 20.3 Å². The molecule has 0 radical (unpaired) electrons. The highest BCUT2D eigenvalue weighted by molar-refractivity contribution is 6.01. The summed E-state index contributed by atoms with van der Waals surface area (Å²) in [6, 6.07) is 13.6. The number of carbonyl (C=O) groups excluding carboxylic acids is 1. The first kappa shape index (κ1) is 13.1. The second kappa shape index (κ2) is 6.05. The van der Waals surface area contributed by atoms with Crippen LogP contribution >= 0.6 is 0 Å². The Balaban J connectivity index is 2.15. The lowest BCUT2D eigenvalue weighted by Crippen LogP contribution is -2.24. The molecule has 0 aliphatic carbocycles. The van der Waals surface area contributed by atoms with Crippen molar-refractivity contribution >= 4 is 22.5 Å². The number of hydrogen-bond donors (Lipinski definition) is 2. The second-order valence-electron chi connectivity index (χ2n) is 4.47. The van der Waals surface area contributed by atoms with Crippen LogP contribution in [-0.2, 0) is 0 Å². The summed E-state index contributed by atoms with van der Waals surface area (Å²) in [6.45, 7) is 4.04. The van der Waals surface area contributed by atoms with Crippen LogP contribution in [-0.4, -0.2) is 6.03 Å². The van der Waals surface area contributed by atoms with Crippen LogP contribution in [0.1, 0.15) is 20.3 Å². The van der Waals surface area contributed by atoms with Gasteiger partial charge in [0, 0.05) is 11.6 Å². The van der Waals surface area contributed by atoms with Gasteiger partial charge in [-0.2, -0.15) is 0 Å². The van der Waals surface area contributed by atoms with E-state index in [1.165, 1.54) is 0 Å². The molecule has 0 fully saturated rings. The highest BCUT2D eigenvalue weighted by atomic mass is 16.2. The minimum atomic E-state index is -0.218. The molecular weight excluding hydrogens is 236 g/mol. The van der Waals surface area contributed by atoms with Crippen molar-refractivity contribution in [3.63, 3.8) is 0 Å². The molecule has 3 heteroatoms. The number of hydrogen-bond acceptors (Lipinski definition) is 1. The van der Waals surface area contributed by atoms with Crippen molar-refractivity contribution < 1.29 is 4.79 Å². The van der Waals surface area contributed by atoms with Crippen molar-refractivity contribution in [1.82, 2.24) is 5.32 Å². The molecule has 19 heavy (non-hydrogen) atoms. The zero-order valence-corrected chi connectivity index (χ0v) is 11.2. The van der Waals surface area contributed by atoms with Crippen LogP contribution in [0.4, 0.5) is 10.5 Å². The molecule has 0 atom stereocenters. The molecule has 2 aromatic carbocycles. The van der Waals surface area contributed by atoms with Crippen LogP contribution < -0.4 is 10.6 Å². The monoisotopic (exact) mass is 254 g/mol. The summed E-state index contributed by atoms with van der Waals surface area (Å²) in [7, 11) is 0. The normalized spacial score (nSPS) is 11.4. The van der Waals surface area contributed by atoms with Gasteiger partial charge in [0.1, 0.15) is 0 Å². The predicted molar refractivity (Wildman–Crippen MR) is 80.2 cm³/mol. The predicted octanol–water partition coefficient (Wildman–Crippen LogP) is 4.28. The average molecular weight is 254 g/mol. The molecule has 0 aliphatic rings. The summed E-state index contributed by atoms with van der Waals surface area (Å²) in [5, 5.41) is 7.75. The van der Waals surface area contributed by atoms with Crippen LogP contribution in [0.5, 0.6) is 0 Å². The Bertz CT molecular complexity index is 612. The van der Waals surface area contributed by atoms with E-state index in [2.05, 4.69) is 17.6 Å². The molecule has 0 aliphatic heterocycles. The van der Waals surface area contributed by atoms with Crippen molar-refractivity contribution in [2.75, 3.05) is 5.32 Å². The lowest BCUT2D eigenvalue weighted by molar-refractivity contribution is 0.255. The fraction of sp³-hybridized carbons (Fsp3) is 0.188. The van der Waals surface area contributed by atoms with Gasteiger partial charge in [0.05, 0.1) is 5.69 Å². The topological polar surface area (TPSA) is 41.1 Å². The van der Waals surface area contributed by atoms with Gasteiger partial charge in [-0.3, -0.25) is 0 Å². The molecule has 2 aromatic rings. The zero-order valence-electron chi connectivity index (χ0n) is 11.2. The van der Waals surface area contributed by atoms with Gasteiger partial charge < -0.3 is 10.6 Å². The average Bonchev–Trinajstić information content (AvgIpc) is 2.45. The molecule has 98 valence electrons. The van der Waals surface area contributed by atoms with Crippen molar-refractivity contribution in [2.24, 2.45) is 0 Å². The fourth-order valence-electron chi connectivity index (χ4n) is 1.78. The lowest BCUT2D eigenvalue weighted by Gasteiger charge is -2.08. The van der Waals surface area contributed by atoms with Gasteiger partial charge in [-0.25, -0.2) is 4.79 Å². The van der Waals surface area contributed by atoms with E-state index in [0.29, 0.717) is 0 Å². The maximum Gasteiger partial charge on any atom is 0.323 e. The SMILES string of the molecule is CC/C(C)=C/NC(=O)Nc1cccc2ccccc12. The van der Waals surface area contributed by atoms with Crippen molar-refractivity contribution in [3.05, 3.63) is 54.2 Å². The fourth-order valence-corrected chi connectivity index (χ4v) is 1.78. The minimum Gasteiger partial charge on any atom is -0.314 e. The number of allylic oxidation sites excluding steroid dienone is 1. The maximum atomic E-state index is 11.8. The first-order valence-electron chi connectivity index (χ1n) is 6.41. The molecule has 0 saturated heterocycles. The van der Waals surface area contributed by atoms with Crippen LogP contribution in [0.2, 0.25) is 0 Å². The molecule has 0 saturated carbocycles. The Morgan fingerprint density at radius 3 is 2.68 bits per heavy atom. The van der Waals surface area contributed by atoms with Gasteiger partial charge in [-0.15, -0.1) is 0 Å². The summed E-state index contributed by atoms with van der Waals surface area (Å²) < 4.78 is 0. The Morgan fingerprint density at radius 2 is 1.89 bits per heavy atom. The van der Waals surface area contributed by atoms with E-state index in [1.54, 1.807) is 6.20 Å². The summed E-state index contributed by atoms with van der Waals surface area (Å²) in [5.74, 6) is 0. The van der Waals surface area contributed by atoms with Crippen LogP contribution in [0.25, 0.3) is 10.8 Å². The number of carbonyl (C=O) groups is 1. The van der Waals surface area contributed by atoms with E-state index >= 15 is 0 Å². The molecular formula is C16H18N2O. The minimum absolute atomic E-state index is 0.218. The van der Waals surface area contributed by atoms with E-state index in [1.807, 2.05) is 49.4 Å². The Labute approximate surface area is 113 Å². The number of nitrogens with one attached hydrogen (secondary N) is 2. The third-order valence-corrected chi connectivity index (χ3v) is 3.05. The Morgan fingerprint density at radius 1 is 1.16 bits per heavy atom. The first-order chi connectivity index (χ1) is 9.20. The van der Waals surface area contributed by atoms with Gasteiger partial charge in [-0.1, -0.05) is 48.9 Å². The van der Waals surface area contributed by atoms with E-state index < -0.39 is 0 Å². The molecule has 0 aromatic heterocycles. The molecule has 0 unspecified atom stereocenters. The number of amides is 2. The first-order valence-corrected chi connectivity index (χ1v) is 6.41. The number of benzene rings is 2. The molecule has 0 heterocycles. The van der Waals surface area contributed by atoms with E-state index in [9.17, 15) is 4.79 Å². The number of fused-ring (bicyclic) bond motifs is 1. The van der Waals surface area contributed by atoms with Gasteiger partial charge in [0.15, 0.2) is 0 Å².